The van der Waals surface area contributed by atoms with Crippen LogP contribution in [0.15, 0.2) is 42.0 Å². The maximum Gasteiger partial charge on any atom is 0.394 e. The highest BCUT2D eigenvalue weighted by Crippen LogP contribution is 2.19. The third kappa shape index (κ3) is 9.24. The van der Waals surface area contributed by atoms with Crippen LogP contribution in [0.4, 0.5) is 0 Å². The maximum atomic E-state index is 11.9. The van der Waals surface area contributed by atoms with Gasteiger partial charge in [0.25, 0.3) is 0 Å². The van der Waals surface area contributed by atoms with E-state index in [2.05, 4.69) is 11.9 Å². The minimum atomic E-state index is -1.65. The van der Waals surface area contributed by atoms with Crippen LogP contribution >= 0.6 is 11.6 Å². The molecule has 0 aromatic heterocycles. The van der Waals surface area contributed by atoms with Gasteiger partial charge in [0, 0.05) is 17.5 Å². The van der Waals surface area contributed by atoms with Crippen molar-refractivity contribution in [1.82, 2.24) is 5.32 Å². The number of carbonyl (C=O) groups excluding carboxylic acids is 2. The number of carboxylic acids is 1. The molecule has 0 aliphatic rings. The molecule has 0 aliphatic carbocycles. The second-order valence-corrected chi connectivity index (χ2v) is 8.00. The first-order valence-corrected chi connectivity index (χ1v) is 9.87. The van der Waals surface area contributed by atoms with Gasteiger partial charge in [0.2, 0.25) is 0 Å². The van der Waals surface area contributed by atoms with E-state index in [1.807, 2.05) is 26.0 Å². The monoisotopic (exact) mass is 437 g/mol. The summed E-state index contributed by atoms with van der Waals surface area (Å²) in [5, 5.41) is 21.9. The van der Waals surface area contributed by atoms with E-state index in [1.54, 1.807) is 25.1 Å². The van der Waals surface area contributed by atoms with Crippen LogP contribution in [-0.4, -0.2) is 46.8 Å². The molecule has 0 radical (unpaired) electrons. The lowest BCUT2D eigenvalue weighted by Gasteiger charge is -2.21. The Labute approximate surface area is 181 Å². The number of amides is 1. The fourth-order valence-corrected chi connectivity index (χ4v) is 2.75. The van der Waals surface area contributed by atoms with E-state index in [-0.39, 0.29) is 25.4 Å². The Bertz CT molecular complexity index is 796. The number of esters is 1. The molecule has 0 saturated carbocycles. The quantitative estimate of drug-likeness (QED) is 0.294. The minimum Gasteiger partial charge on any atom is -0.474 e. The number of benzene rings is 1. The normalized spacial score (nSPS) is 13.5. The molecular weight excluding hydrogens is 410 g/mol. The molecule has 1 rings (SSSR count). The Kier molecular flexibility index (Phi) is 10.3. The number of nitrogens with one attached hydrogen (secondary N) is 1. The highest BCUT2D eigenvalue weighted by atomic mass is 35.5. The molecule has 8 heteroatoms. The minimum absolute atomic E-state index is 0.106. The number of hydrogen-bond donors (Lipinski definition) is 3. The predicted molar refractivity (Wildman–Crippen MR) is 115 cm³/mol. The van der Waals surface area contributed by atoms with Crippen LogP contribution in [-0.2, 0) is 25.5 Å². The average molecular weight is 438 g/mol. The van der Waals surface area contributed by atoms with Gasteiger partial charge in [0.05, 0.1) is 6.61 Å². The summed E-state index contributed by atoms with van der Waals surface area (Å²) in [6, 6.07) is 6.44. The molecule has 1 aromatic rings. The van der Waals surface area contributed by atoms with Gasteiger partial charge in [-0.15, -0.1) is 0 Å². The highest BCUT2D eigenvalue weighted by Gasteiger charge is 2.25. The van der Waals surface area contributed by atoms with E-state index < -0.39 is 30.0 Å². The molecule has 3 N–H and O–H groups in total. The number of aliphatic hydroxyl groups excluding tert-OH is 1. The van der Waals surface area contributed by atoms with Crippen LogP contribution in [0.25, 0.3) is 5.57 Å². The van der Waals surface area contributed by atoms with Gasteiger partial charge in [-0.1, -0.05) is 56.3 Å². The Hall–Kier alpha value is -2.64. The van der Waals surface area contributed by atoms with Crippen LogP contribution in [0.3, 0.4) is 0 Å². The van der Waals surface area contributed by atoms with Crippen molar-refractivity contribution in [1.29, 1.82) is 0 Å². The Morgan fingerprint density at radius 2 is 1.83 bits per heavy atom. The first kappa shape index (κ1) is 25.4. The molecule has 1 amide bonds. The average Bonchev–Trinajstić information content (AvgIpc) is 2.65. The number of halogens is 1. The van der Waals surface area contributed by atoms with Crippen molar-refractivity contribution in [2.24, 2.45) is 5.92 Å². The van der Waals surface area contributed by atoms with Gasteiger partial charge in [-0.3, -0.25) is 4.79 Å². The van der Waals surface area contributed by atoms with Crippen LogP contribution in [0.2, 0.25) is 0 Å². The highest BCUT2D eigenvalue weighted by molar-refractivity contribution is 6.31. The van der Waals surface area contributed by atoms with Crippen molar-refractivity contribution in [2.75, 3.05) is 6.61 Å². The molecular formula is C22H28ClNO6. The topological polar surface area (TPSA) is 113 Å². The summed E-state index contributed by atoms with van der Waals surface area (Å²) >= 11 is 5.86. The fourth-order valence-electron chi connectivity index (χ4n) is 2.61. The third-order valence-corrected chi connectivity index (χ3v) is 4.16. The smallest absolute Gasteiger partial charge is 0.394 e. The van der Waals surface area contributed by atoms with Gasteiger partial charge in [-0.05, 0) is 42.0 Å². The Morgan fingerprint density at radius 1 is 1.23 bits per heavy atom. The molecule has 0 spiro atoms. The van der Waals surface area contributed by atoms with E-state index in [1.165, 1.54) is 0 Å². The molecule has 1 aromatic carbocycles. The van der Waals surface area contributed by atoms with Crippen molar-refractivity contribution in [3.63, 3.8) is 0 Å². The zero-order valence-electron chi connectivity index (χ0n) is 17.4. The van der Waals surface area contributed by atoms with Crippen molar-refractivity contribution in [3.05, 3.63) is 53.1 Å². The van der Waals surface area contributed by atoms with Crippen molar-refractivity contribution < 1.29 is 29.3 Å². The Balaban J connectivity index is 2.89. The maximum absolute atomic E-state index is 11.9. The van der Waals surface area contributed by atoms with Gasteiger partial charge in [-0.25, -0.2) is 9.59 Å². The fraction of sp³-hybridized carbons (Fsp3) is 0.409. The molecule has 0 aliphatic heterocycles. The van der Waals surface area contributed by atoms with Gasteiger partial charge < -0.3 is 20.3 Å². The van der Waals surface area contributed by atoms with E-state index in [0.717, 1.165) is 16.7 Å². The van der Waals surface area contributed by atoms with Gasteiger partial charge in [0.1, 0.15) is 0 Å². The number of hydrogen-bond acceptors (Lipinski definition) is 5. The molecule has 0 saturated heterocycles. The summed E-state index contributed by atoms with van der Waals surface area (Å²) in [5.74, 6) is -3.57. The van der Waals surface area contributed by atoms with Crippen molar-refractivity contribution in [2.45, 2.75) is 45.8 Å². The van der Waals surface area contributed by atoms with E-state index in [4.69, 9.17) is 21.4 Å². The summed E-state index contributed by atoms with van der Waals surface area (Å²) in [6.45, 7) is 9.55. The van der Waals surface area contributed by atoms with Crippen LogP contribution in [0.1, 0.15) is 38.3 Å². The first-order valence-electron chi connectivity index (χ1n) is 9.50. The molecule has 0 bridgehead atoms. The van der Waals surface area contributed by atoms with Gasteiger partial charge in [0.15, 0.2) is 6.10 Å². The summed E-state index contributed by atoms with van der Waals surface area (Å²) in [7, 11) is 0. The third-order valence-electron chi connectivity index (χ3n) is 4.05. The zero-order valence-corrected chi connectivity index (χ0v) is 18.1. The molecule has 0 unspecified atom stereocenters. The lowest BCUT2D eigenvalue weighted by Crippen LogP contribution is -2.43. The lowest BCUT2D eigenvalue weighted by atomic mass is 9.98. The second kappa shape index (κ2) is 12.1. The largest absolute Gasteiger partial charge is 0.474 e. The summed E-state index contributed by atoms with van der Waals surface area (Å²) < 4.78 is 5.00. The van der Waals surface area contributed by atoms with E-state index in [9.17, 15) is 19.5 Å². The number of carboxylic acid groups (broad SMARTS) is 1. The summed E-state index contributed by atoms with van der Waals surface area (Å²) in [6.07, 6.45) is 0.271. The van der Waals surface area contributed by atoms with Crippen LogP contribution in [0, 0.1) is 5.92 Å². The molecule has 0 fully saturated rings. The first-order chi connectivity index (χ1) is 14.0. The lowest BCUT2D eigenvalue weighted by molar-refractivity contribution is -0.155. The predicted octanol–water partition coefficient (Wildman–Crippen LogP) is 2.90. The zero-order chi connectivity index (χ0) is 22.8. The summed E-state index contributed by atoms with van der Waals surface area (Å²) in [5.41, 5.74) is 2.35. The SMILES string of the molecule is C=C(/C=C(\C)Cl)c1ccc(C[C@H](C[C@@H](O)C(=O)OCC(C)C)NC(=O)C(=O)O)cc1. The number of rotatable bonds is 10. The molecule has 30 heavy (non-hydrogen) atoms. The molecule has 2 atom stereocenters. The summed E-state index contributed by atoms with van der Waals surface area (Å²) in [4.78, 5) is 34.5. The number of aliphatic hydroxyl groups is 1. The van der Waals surface area contributed by atoms with E-state index >= 15 is 0 Å². The number of aliphatic carboxylic acids is 1. The van der Waals surface area contributed by atoms with Crippen molar-refractivity contribution in [3.8, 4) is 0 Å². The van der Waals surface area contributed by atoms with Crippen LogP contribution < -0.4 is 5.32 Å². The number of ether oxygens (including phenoxy) is 1. The van der Waals surface area contributed by atoms with Crippen molar-refractivity contribution >= 4 is 35.0 Å². The Morgan fingerprint density at radius 3 is 2.33 bits per heavy atom. The molecule has 0 heterocycles. The van der Waals surface area contributed by atoms with E-state index in [0.29, 0.717) is 5.03 Å². The van der Waals surface area contributed by atoms with Gasteiger partial charge >= 0.3 is 17.8 Å². The van der Waals surface area contributed by atoms with Gasteiger partial charge in [-0.2, -0.15) is 0 Å². The second-order valence-electron chi connectivity index (χ2n) is 7.41. The number of allylic oxidation sites excluding steroid dienone is 3. The number of carbonyl (C=O) groups is 3. The molecule has 164 valence electrons. The molecule has 7 nitrogen and oxygen atoms in total. The standard InChI is InChI=1S/C22H28ClNO6/c1-13(2)12-30-22(29)19(25)11-18(24-20(26)21(27)28)10-16-5-7-17(8-6-16)14(3)9-15(4)23/h5-9,13,18-19,25H,3,10-12H2,1-2,4H3,(H,24,26)(H,27,28)/b15-9+/t18-,19-/m1/s1. The van der Waals surface area contributed by atoms with Crippen LogP contribution in [0.5, 0.6) is 0 Å².